The van der Waals surface area contributed by atoms with Crippen molar-refractivity contribution in [1.82, 2.24) is 20.0 Å². The topological polar surface area (TPSA) is 90.9 Å². The fourth-order valence-electron chi connectivity index (χ4n) is 3.04. The molecule has 0 aliphatic carbocycles. The molecule has 1 N–H and O–H groups in total. The summed E-state index contributed by atoms with van der Waals surface area (Å²) in [5, 5.41) is 28.8. The Morgan fingerprint density at radius 3 is 2.83 bits per heavy atom. The second kappa shape index (κ2) is 6.21. The fourth-order valence-corrected chi connectivity index (χ4v) is 3.04. The molecule has 1 fully saturated rings. The van der Waals surface area contributed by atoms with Gasteiger partial charge in [0.2, 0.25) is 0 Å². The van der Waals surface area contributed by atoms with E-state index in [4.69, 9.17) is 0 Å². The van der Waals surface area contributed by atoms with Gasteiger partial charge in [0.15, 0.2) is 0 Å². The van der Waals surface area contributed by atoms with E-state index in [9.17, 15) is 10.4 Å². The molecule has 0 saturated carbocycles. The molecule has 0 aromatic carbocycles. The van der Waals surface area contributed by atoms with Crippen LogP contribution < -0.4 is 4.90 Å². The monoisotopic (exact) mass is 326 g/mol. The predicted octanol–water partition coefficient (Wildman–Crippen LogP) is 1.92. The van der Waals surface area contributed by atoms with Gasteiger partial charge < -0.3 is 10.0 Å². The molecule has 1 unspecified atom stereocenters. The molecule has 3 rings (SSSR count). The largest absolute Gasteiger partial charge is 0.382 e. The van der Waals surface area contributed by atoms with Crippen molar-refractivity contribution in [2.45, 2.75) is 45.3 Å². The Labute approximate surface area is 141 Å². The summed E-state index contributed by atoms with van der Waals surface area (Å²) in [6.45, 7) is 7.05. The van der Waals surface area contributed by atoms with Gasteiger partial charge in [-0.15, -0.1) is 5.10 Å². The summed E-state index contributed by atoms with van der Waals surface area (Å²) in [6.07, 6.45) is 3.22. The Hall–Kier alpha value is -2.46. The number of hydrogen-bond acceptors (Lipinski definition) is 6. The molecule has 1 saturated heterocycles. The van der Waals surface area contributed by atoms with Gasteiger partial charge in [-0.3, -0.25) is 0 Å². The number of rotatable bonds is 3. The van der Waals surface area contributed by atoms with Crippen molar-refractivity contribution in [3.63, 3.8) is 0 Å². The minimum absolute atomic E-state index is 0.193. The number of anilines is 1. The molecule has 1 aliphatic heterocycles. The predicted molar refractivity (Wildman–Crippen MR) is 89.4 cm³/mol. The summed E-state index contributed by atoms with van der Waals surface area (Å²) < 4.78 is 1.75. The Morgan fingerprint density at radius 2 is 2.17 bits per heavy atom. The summed E-state index contributed by atoms with van der Waals surface area (Å²) in [6, 6.07) is 5.99. The van der Waals surface area contributed by atoms with Gasteiger partial charge in [-0.25, -0.2) is 9.67 Å². The van der Waals surface area contributed by atoms with Crippen LogP contribution in [0.1, 0.15) is 49.7 Å². The van der Waals surface area contributed by atoms with Crippen LogP contribution >= 0.6 is 0 Å². The van der Waals surface area contributed by atoms with Crippen LogP contribution in [0.4, 0.5) is 5.82 Å². The average Bonchev–Trinajstić information content (AvgIpc) is 3.06. The SMILES string of the molecule is Cc1ccc(C#N)c(N2CCCC(O)(c3cn(C(C)C)nn3)C2)n1. The number of aryl methyl sites for hydroxylation is 1. The van der Waals surface area contributed by atoms with Gasteiger partial charge in [0, 0.05) is 18.3 Å². The highest BCUT2D eigenvalue weighted by molar-refractivity contribution is 5.55. The lowest BCUT2D eigenvalue weighted by atomic mass is 9.90. The molecule has 0 radical (unpaired) electrons. The van der Waals surface area contributed by atoms with Gasteiger partial charge in [0.25, 0.3) is 0 Å². The van der Waals surface area contributed by atoms with Gasteiger partial charge in [-0.05, 0) is 45.7 Å². The standard InChI is InChI=1S/C17H22N6O/c1-12(2)23-10-15(20-21-23)17(24)7-4-8-22(11-17)16-14(9-18)6-5-13(3)19-16/h5-6,10,12,24H,4,7-8,11H2,1-3H3. The lowest BCUT2D eigenvalue weighted by Crippen LogP contribution is -2.47. The first-order chi connectivity index (χ1) is 11.4. The van der Waals surface area contributed by atoms with Crippen molar-refractivity contribution in [2.24, 2.45) is 0 Å². The molecule has 7 heteroatoms. The van der Waals surface area contributed by atoms with E-state index < -0.39 is 5.60 Å². The lowest BCUT2D eigenvalue weighted by molar-refractivity contribution is 0.0174. The highest BCUT2D eigenvalue weighted by atomic mass is 16.3. The summed E-state index contributed by atoms with van der Waals surface area (Å²) >= 11 is 0. The molecule has 1 atom stereocenters. The molecule has 2 aromatic heterocycles. The molecule has 126 valence electrons. The number of aromatic nitrogens is 4. The van der Waals surface area contributed by atoms with E-state index >= 15 is 0 Å². The maximum atomic E-state index is 11.1. The first kappa shape index (κ1) is 16.4. The van der Waals surface area contributed by atoms with Crippen LogP contribution in [0.3, 0.4) is 0 Å². The number of pyridine rings is 1. The van der Waals surface area contributed by atoms with Crippen LogP contribution in [0.25, 0.3) is 0 Å². The van der Waals surface area contributed by atoms with Crippen LogP contribution in [0.15, 0.2) is 18.3 Å². The molecule has 0 bridgehead atoms. The Morgan fingerprint density at radius 1 is 1.38 bits per heavy atom. The Bertz CT molecular complexity index is 778. The molecule has 1 aliphatic rings. The highest BCUT2D eigenvalue weighted by Gasteiger charge is 2.38. The number of β-amino-alcohol motifs (C(OH)–C–C–N with tert-alkyl or cyclic N) is 1. The number of piperidine rings is 1. The fraction of sp³-hybridized carbons (Fsp3) is 0.529. The zero-order valence-electron chi connectivity index (χ0n) is 14.3. The van der Waals surface area contributed by atoms with Gasteiger partial charge >= 0.3 is 0 Å². The van der Waals surface area contributed by atoms with E-state index in [-0.39, 0.29) is 6.04 Å². The lowest BCUT2D eigenvalue weighted by Gasteiger charge is -2.39. The quantitative estimate of drug-likeness (QED) is 0.926. The maximum absolute atomic E-state index is 11.1. The molecule has 0 spiro atoms. The van der Waals surface area contributed by atoms with Crippen LogP contribution in [-0.4, -0.2) is 38.2 Å². The van der Waals surface area contributed by atoms with Crippen LogP contribution in [0, 0.1) is 18.3 Å². The zero-order chi connectivity index (χ0) is 17.3. The Balaban J connectivity index is 1.91. The molecular formula is C17H22N6O. The maximum Gasteiger partial charge on any atom is 0.146 e. The normalized spacial score (nSPS) is 21.1. The van der Waals surface area contributed by atoms with Crippen LogP contribution in [0.5, 0.6) is 0 Å². The Kier molecular flexibility index (Phi) is 4.24. The van der Waals surface area contributed by atoms with E-state index in [2.05, 4.69) is 21.4 Å². The summed E-state index contributed by atoms with van der Waals surface area (Å²) in [4.78, 5) is 6.49. The molecule has 7 nitrogen and oxygen atoms in total. The second-order valence-corrected chi connectivity index (χ2v) is 6.67. The number of hydrogen-bond donors (Lipinski definition) is 1. The van der Waals surface area contributed by atoms with Crippen molar-refractivity contribution in [3.05, 3.63) is 35.3 Å². The van der Waals surface area contributed by atoms with Gasteiger partial charge in [-0.1, -0.05) is 5.21 Å². The molecule has 24 heavy (non-hydrogen) atoms. The second-order valence-electron chi connectivity index (χ2n) is 6.67. The number of nitriles is 1. The minimum Gasteiger partial charge on any atom is -0.382 e. The van der Waals surface area contributed by atoms with Crippen molar-refractivity contribution < 1.29 is 5.11 Å². The third-order valence-electron chi connectivity index (χ3n) is 4.42. The highest BCUT2D eigenvalue weighted by Crippen LogP contribution is 2.33. The van der Waals surface area contributed by atoms with Gasteiger partial charge in [0.1, 0.15) is 23.2 Å². The number of nitrogens with zero attached hydrogens (tertiary/aromatic N) is 6. The van der Waals surface area contributed by atoms with E-state index in [1.54, 1.807) is 10.7 Å². The third kappa shape index (κ3) is 2.97. The summed E-state index contributed by atoms with van der Waals surface area (Å²) in [5.41, 5.74) is 0.871. The van der Waals surface area contributed by atoms with Gasteiger partial charge in [-0.2, -0.15) is 5.26 Å². The average molecular weight is 326 g/mol. The smallest absolute Gasteiger partial charge is 0.146 e. The third-order valence-corrected chi connectivity index (χ3v) is 4.42. The van der Waals surface area contributed by atoms with E-state index in [0.717, 1.165) is 18.7 Å². The van der Waals surface area contributed by atoms with Gasteiger partial charge in [0.05, 0.1) is 18.3 Å². The number of aliphatic hydroxyl groups is 1. The summed E-state index contributed by atoms with van der Waals surface area (Å²) in [7, 11) is 0. The first-order valence-corrected chi connectivity index (χ1v) is 8.20. The van der Waals surface area contributed by atoms with E-state index in [0.29, 0.717) is 30.0 Å². The van der Waals surface area contributed by atoms with E-state index in [1.807, 2.05) is 37.9 Å². The molecular weight excluding hydrogens is 304 g/mol. The van der Waals surface area contributed by atoms with Crippen molar-refractivity contribution in [1.29, 1.82) is 5.26 Å². The molecule has 3 heterocycles. The molecule has 0 amide bonds. The molecule has 2 aromatic rings. The van der Waals surface area contributed by atoms with Crippen LogP contribution in [0.2, 0.25) is 0 Å². The van der Waals surface area contributed by atoms with Crippen molar-refractivity contribution >= 4 is 5.82 Å². The van der Waals surface area contributed by atoms with E-state index in [1.165, 1.54) is 0 Å². The zero-order valence-corrected chi connectivity index (χ0v) is 14.3. The minimum atomic E-state index is -1.08. The van der Waals surface area contributed by atoms with Crippen molar-refractivity contribution in [3.8, 4) is 6.07 Å². The van der Waals surface area contributed by atoms with Crippen molar-refractivity contribution in [2.75, 3.05) is 18.0 Å². The first-order valence-electron chi connectivity index (χ1n) is 8.20. The van der Waals surface area contributed by atoms with Crippen LogP contribution in [-0.2, 0) is 5.60 Å². The summed E-state index contributed by atoms with van der Waals surface area (Å²) in [5.74, 6) is 0.631.